The summed E-state index contributed by atoms with van der Waals surface area (Å²) in [5, 5.41) is 12.1. The largest absolute Gasteiger partial charge is 0.430 e. The Hall–Kier alpha value is -1.77. The van der Waals surface area contributed by atoms with Crippen LogP contribution in [0.3, 0.4) is 0 Å². The van der Waals surface area contributed by atoms with Crippen molar-refractivity contribution in [1.82, 2.24) is 0 Å². The maximum Gasteiger partial charge on any atom is 0.430 e. The molecular formula is C17H21F6NO2. The van der Waals surface area contributed by atoms with Crippen LogP contribution < -0.4 is 5.32 Å². The Labute approximate surface area is 147 Å². The Morgan fingerprint density at radius 3 is 1.92 bits per heavy atom. The van der Waals surface area contributed by atoms with Gasteiger partial charge in [-0.25, -0.2) is 0 Å². The summed E-state index contributed by atoms with van der Waals surface area (Å²) in [6, 6.07) is 2.52. The average Bonchev–Trinajstić information content (AvgIpc) is 2.43. The predicted octanol–water partition coefficient (Wildman–Crippen LogP) is 4.79. The van der Waals surface area contributed by atoms with Crippen molar-refractivity contribution >= 4 is 11.6 Å². The van der Waals surface area contributed by atoms with Crippen LogP contribution in [0.2, 0.25) is 0 Å². The summed E-state index contributed by atoms with van der Waals surface area (Å²) in [4.78, 5) is 11.7. The van der Waals surface area contributed by atoms with Gasteiger partial charge in [-0.3, -0.25) is 4.79 Å². The molecule has 0 unspecified atom stereocenters. The van der Waals surface area contributed by atoms with E-state index in [-0.39, 0.29) is 23.6 Å². The lowest BCUT2D eigenvalue weighted by atomic mass is 9.85. The number of alkyl halides is 6. The SMILES string of the molecule is CC(C)Cc1cc(NC(=O)C(C)C)ccc1C(O)(C(F)(F)F)C(F)(F)F. The summed E-state index contributed by atoms with van der Waals surface area (Å²) >= 11 is 0. The lowest BCUT2D eigenvalue weighted by Gasteiger charge is -2.34. The van der Waals surface area contributed by atoms with Gasteiger partial charge in [0.1, 0.15) is 0 Å². The van der Waals surface area contributed by atoms with Crippen LogP contribution in [-0.4, -0.2) is 23.4 Å². The quantitative estimate of drug-likeness (QED) is 0.716. The normalized spacial score (nSPS) is 13.4. The van der Waals surface area contributed by atoms with Crippen LogP contribution in [-0.2, 0) is 16.8 Å². The zero-order chi connectivity index (χ0) is 20.5. The third-order valence-electron chi connectivity index (χ3n) is 3.74. The van der Waals surface area contributed by atoms with Gasteiger partial charge < -0.3 is 10.4 Å². The number of anilines is 1. The minimum absolute atomic E-state index is 0.0646. The van der Waals surface area contributed by atoms with Gasteiger partial charge in [0.05, 0.1) is 0 Å². The Kier molecular flexibility index (Phi) is 6.39. The molecule has 148 valence electrons. The Morgan fingerprint density at radius 1 is 1.04 bits per heavy atom. The molecule has 0 heterocycles. The van der Waals surface area contributed by atoms with Crippen molar-refractivity contribution in [2.24, 2.45) is 11.8 Å². The van der Waals surface area contributed by atoms with Crippen LogP contribution in [0, 0.1) is 11.8 Å². The molecule has 0 radical (unpaired) electrons. The molecule has 3 nitrogen and oxygen atoms in total. The van der Waals surface area contributed by atoms with Gasteiger partial charge in [-0.05, 0) is 30.0 Å². The van der Waals surface area contributed by atoms with Crippen molar-refractivity contribution in [3.63, 3.8) is 0 Å². The molecule has 1 aromatic rings. The number of halogens is 6. The van der Waals surface area contributed by atoms with Gasteiger partial charge in [0, 0.05) is 17.2 Å². The van der Waals surface area contributed by atoms with E-state index in [9.17, 15) is 36.2 Å². The minimum Gasteiger partial charge on any atom is -0.369 e. The molecule has 0 spiro atoms. The Bertz CT molecular complexity index is 636. The van der Waals surface area contributed by atoms with Crippen LogP contribution in [0.4, 0.5) is 32.0 Å². The van der Waals surface area contributed by atoms with Gasteiger partial charge in [0.2, 0.25) is 5.91 Å². The molecule has 1 aromatic carbocycles. The van der Waals surface area contributed by atoms with Crippen molar-refractivity contribution < 1.29 is 36.2 Å². The summed E-state index contributed by atoms with van der Waals surface area (Å²) in [6.45, 7) is 6.41. The fourth-order valence-corrected chi connectivity index (χ4v) is 2.39. The maximum absolute atomic E-state index is 13.2. The second kappa shape index (κ2) is 7.46. The first-order chi connectivity index (χ1) is 11.6. The summed E-state index contributed by atoms with van der Waals surface area (Å²) < 4.78 is 79.1. The number of benzene rings is 1. The van der Waals surface area contributed by atoms with Crippen molar-refractivity contribution in [3.05, 3.63) is 29.3 Å². The van der Waals surface area contributed by atoms with Crippen molar-refractivity contribution in [2.75, 3.05) is 5.32 Å². The van der Waals surface area contributed by atoms with Crippen LogP contribution in [0.1, 0.15) is 38.8 Å². The van der Waals surface area contributed by atoms with E-state index >= 15 is 0 Å². The first-order valence-electron chi connectivity index (χ1n) is 7.91. The van der Waals surface area contributed by atoms with Gasteiger partial charge in [-0.15, -0.1) is 0 Å². The lowest BCUT2D eigenvalue weighted by Crippen LogP contribution is -2.54. The Balaban J connectivity index is 3.56. The number of carbonyl (C=O) groups excluding carboxylic acids is 1. The van der Waals surface area contributed by atoms with Gasteiger partial charge in [0.15, 0.2) is 0 Å². The average molecular weight is 385 g/mol. The van der Waals surface area contributed by atoms with E-state index in [1.807, 2.05) is 0 Å². The minimum atomic E-state index is -5.96. The molecule has 0 atom stereocenters. The summed E-state index contributed by atoms with van der Waals surface area (Å²) in [6.07, 6.45) is -12.1. The third-order valence-corrected chi connectivity index (χ3v) is 3.74. The van der Waals surface area contributed by atoms with E-state index in [2.05, 4.69) is 5.32 Å². The topological polar surface area (TPSA) is 49.3 Å². The molecule has 0 saturated carbocycles. The zero-order valence-electron chi connectivity index (χ0n) is 14.7. The molecule has 9 heteroatoms. The fraction of sp³-hybridized carbons (Fsp3) is 0.588. The highest BCUT2D eigenvalue weighted by Crippen LogP contribution is 2.51. The summed E-state index contributed by atoms with van der Waals surface area (Å²) in [5.74, 6) is -1.14. The number of nitrogens with one attached hydrogen (secondary N) is 1. The molecule has 2 N–H and O–H groups in total. The molecule has 0 aromatic heterocycles. The standard InChI is InChI=1S/C17H21F6NO2/c1-9(2)7-11-8-12(24-14(25)10(3)4)5-6-13(11)15(26,16(18,19)20)17(21,22)23/h5-6,8-10,26H,7H2,1-4H3,(H,24,25). The smallest absolute Gasteiger partial charge is 0.369 e. The highest BCUT2D eigenvalue weighted by molar-refractivity contribution is 5.92. The Morgan fingerprint density at radius 2 is 1.54 bits per heavy atom. The molecule has 1 amide bonds. The number of carbonyl (C=O) groups is 1. The molecule has 1 rings (SSSR count). The van der Waals surface area contributed by atoms with Crippen LogP contribution in [0.5, 0.6) is 0 Å². The van der Waals surface area contributed by atoms with Gasteiger partial charge in [-0.2, -0.15) is 26.3 Å². The summed E-state index contributed by atoms with van der Waals surface area (Å²) in [5.41, 5.74) is -6.55. The van der Waals surface area contributed by atoms with E-state index in [0.29, 0.717) is 6.07 Å². The number of hydrogen-bond donors (Lipinski definition) is 2. The molecule has 0 bridgehead atoms. The number of hydrogen-bond acceptors (Lipinski definition) is 2. The van der Waals surface area contributed by atoms with Gasteiger partial charge in [0.25, 0.3) is 5.60 Å². The maximum atomic E-state index is 13.2. The summed E-state index contributed by atoms with van der Waals surface area (Å²) in [7, 11) is 0. The first-order valence-corrected chi connectivity index (χ1v) is 7.91. The fourth-order valence-electron chi connectivity index (χ4n) is 2.39. The van der Waals surface area contributed by atoms with E-state index in [0.717, 1.165) is 12.1 Å². The second-order valence-electron chi connectivity index (χ2n) is 6.82. The van der Waals surface area contributed by atoms with Crippen molar-refractivity contribution in [2.45, 2.75) is 52.1 Å². The highest BCUT2D eigenvalue weighted by Gasteiger charge is 2.71. The number of aliphatic hydroxyl groups is 1. The van der Waals surface area contributed by atoms with Crippen LogP contribution >= 0.6 is 0 Å². The molecule has 0 aliphatic heterocycles. The van der Waals surface area contributed by atoms with E-state index in [1.165, 1.54) is 0 Å². The molecule has 0 aliphatic rings. The number of amides is 1. The molecular weight excluding hydrogens is 364 g/mol. The highest BCUT2D eigenvalue weighted by atomic mass is 19.4. The van der Waals surface area contributed by atoms with Gasteiger partial charge >= 0.3 is 12.4 Å². The molecule has 0 saturated heterocycles. The molecule has 0 aliphatic carbocycles. The number of rotatable bonds is 5. The van der Waals surface area contributed by atoms with Crippen molar-refractivity contribution in [3.8, 4) is 0 Å². The van der Waals surface area contributed by atoms with Crippen LogP contribution in [0.15, 0.2) is 18.2 Å². The molecule has 26 heavy (non-hydrogen) atoms. The van der Waals surface area contributed by atoms with Crippen molar-refractivity contribution in [1.29, 1.82) is 0 Å². The molecule has 0 fully saturated rings. The third kappa shape index (κ3) is 4.49. The van der Waals surface area contributed by atoms with Crippen LogP contribution in [0.25, 0.3) is 0 Å². The van der Waals surface area contributed by atoms with E-state index in [4.69, 9.17) is 0 Å². The first kappa shape index (κ1) is 22.3. The monoisotopic (exact) mass is 385 g/mol. The van der Waals surface area contributed by atoms with E-state index in [1.54, 1.807) is 27.7 Å². The predicted molar refractivity (Wildman–Crippen MR) is 84.5 cm³/mol. The van der Waals surface area contributed by atoms with E-state index < -0.39 is 35.3 Å². The second-order valence-corrected chi connectivity index (χ2v) is 6.82. The lowest BCUT2D eigenvalue weighted by molar-refractivity contribution is -0.376. The van der Waals surface area contributed by atoms with Gasteiger partial charge in [-0.1, -0.05) is 33.8 Å². The zero-order valence-corrected chi connectivity index (χ0v) is 14.7.